The zero-order valence-electron chi connectivity index (χ0n) is 12.0. The monoisotopic (exact) mass is 260 g/mol. The van der Waals surface area contributed by atoms with Crippen molar-refractivity contribution in [2.24, 2.45) is 5.92 Å². The van der Waals surface area contributed by atoms with Gasteiger partial charge in [-0.15, -0.1) is 0 Å². The Bertz CT molecular complexity index is 413. The van der Waals surface area contributed by atoms with Crippen LogP contribution < -0.4 is 0 Å². The van der Waals surface area contributed by atoms with Crippen LogP contribution in [0.25, 0.3) is 0 Å². The number of hydrogen-bond acceptors (Lipinski definition) is 2. The normalized spacial score (nSPS) is 10.3. The van der Waals surface area contributed by atoms with Gasteiger partial charge in [-0.05, 0) is 30.4 Å². The van der Waals surface area contributed by atoms with Crippen LogP contribution in [0.3, 0.4) is 0 Å². The van der Waals surface area contributed by atoms with Gasteiger partial charge in [0.25, 0.3) is 0 Å². The summed E-state index contributed by atoms with van der Waals surface area (Å²) in [5, 5.41) is 8.73. The molecule has 2 nitrogen and oxygen atoms in total. The second kappa shape index (κ2) is 9.61. The molecule has 1 N–H and O–H groups in total. The van der Waals surface area contributed by atoms with Crippen molar-refractivity contribution >= 4 is 0 Å². The Morgan fingerprint density at radius 3 is 2.79 bits per heavy atom. The van der Waals surface area contributed by atoms with Gasteiger partial charge in [0.05, 0.1) is 13.2 Å². The number of benzene rings is 1. The predicted molar refractivity (Wildman–Crippen MR) is 78.8 cm³/mol. The maximum absolute atomic E-state index is 8.73. The minimum atomic E-state index is 0.112. The third-order valence-electron chi connectivity index (χ3n) is 2.80. The fourth-order valence-electron chi connectivity index (χ4n) is 1.76. The summed E-state index contributed by atoms with van der Waals surface area (Å²) in [6.07, 6.45) is 2.83. The van der Waals surface area contributed by atoms with Crippen LogP contribution in [0.5, 0.6) is 0 Å². The summed E-state index contributed by atoms with van der Waals surface area (Å²) >= 11 is 0. The van der Waals surface area contributed by atoms with Gasteiger partial charge in [0, 0.05) is 18.6 Å². The molecule has 1 aromatic rings. The second-order valence-electron chi connectivity index (χ2n) is 5.02. The summed E-state index contributed by atoms with van der Waals surface area (Å²) in [5.41, 5.74) is 2.12. The molecule has 0 unspecified atom stereocenters. The van der Waals surface area contributed by atoms with Gasteiger partial charge < -0.3 is 9.84 Å². The highest BCUT2D eigenvalue weighted by Crippen LogP contribution is 2.10. The molecule has 0 aliphatic heterocycles. The van der Waals surface area contributed by atoms with Crippen molar-refractivity contribution in [3.63, 3.8) is 0 Å². The van der Waals surface area contributed by atoms with Crippen molar-refractivity contribution < 1.29 is 9.84 Å². The van der Waals surface area contributed by atoms with Crippen molar-refractivity contribution in [2.45, 2.75) is 39.7 Å². The number of aliphatic hydroxyl groups excluding tert-OH is 1. The van der Waals surface area contributed by atoms with E-state index in [0.717, 1.165) is 30.1 Å². The van der Waals surface area contributed by atoms with E-state index in [1.54, 1.807) is 0 Å². The Hall–Kier alpha value is -1.30. The number of ether oxygens (including phenoxy) is 1. The lowest BCUT2D eigenvalue weighted by Crippen LogP contribution is -1.99. The van der Waals surface area contributed by atoms with Gasteiger partial charge in [0.1, 0.15) is 0 Å². The van der Waals surface area contributed by atoms with Crippen molar-refractivity contribution in [3.8, 4) is 11.8 Å². The summed E-state index contributed by atoms with van der Waals surface area (Å²) < 4.78 is 5.70. The molecular formula is C17H24O2. The van der Waals surface area contributed by atoms with E-state index in [4.69, 9.17) is 9.84 Å². The molecule has 1 aromatic carbocycles. The molecule has 0 heterocycles. The first-order valence-corrected chi connectivity index (χ1v) is 6.99. The van der Waals surface area contributed by atoms with Crippen LogP contribution >= 0.6 is 0 Å². The lowest BCUT2D eigenvalue weighted by atomic mass is 10.1. The lowest BCUT2D eigenvalue weighted by molar-refractivity contribution is 0.114. The second-order valence-corrected chi connectivity index (χ2v) is 5.02. The molecule has 0 atom stereocenters. The molecule has 0 spiro atoms. The lowest BCUT2D eigenvalue weighted by Gasteiger charge is -2.07. The van der Waals surface area contributed by atoms with Gasteiger partial charge >= 0.3 is 0 Å². The molecule has 0 fully saturated rings. The molecule has 0 saturated heterocycles. The zero-order chi connectivity index (χ0) is 13.9. The highest BCUT2D eigenvalue weighted by molar-refractivity contribution is 5.40. The molecule has 0 radical (unpaired) electrons. The van der Waals surface area contributed by atoms with Gasteiger partial charge in [-0.1, -0.05) is 43.9 Å². The van der Waals surface area contributed by atoms with E-state index in [2.05, 4.69) is 25.7 Å². The van der Waals surface area contributed by atoms with E-state index < -0.39 is 0 Å². The smallest absolute Gasteiger partial charge is 0.0728 e. The minimum Gasteiger partial charge on any atom is -0.395 e. The van der Waals surface area contributed by atoms with Crippen LogP contribution in [-0.2, 0) is 11.3 Å². The average molecular weight is 260 g/mol. The van der Waals surface area contributed by atoms with E-state index in [1.807, 2.05) is 24.3 Å². The van der Waals surface area contributed by atoms with Crippen molar-refractivity contribution in [3.05, 3.63) is 35.4 Å². The maximum atomic E-state index is 8.73. The molecule has 0 amide bonds. The van der Waals surface area contributed by atoms with Crippen molar-refractivity contribution in [1.82, 2.24) is 0 Å². The van der Waals surface area contributed by atoms with Crippen LogP contribution in [-0.4, -0.2) is 18.3 Å². The van der Waals surface area contributed by atoms with E-state index in [9.17, 15) is 0 Å². The molecule has 0 bridgehead atoms. The van der Waals surface area contributed by atoms with Gasteiger partial charge in [0.15, 0.2) is 0 Å². The van der Waals surface area contributed by atoms with E-state index in [1.165, 1.54) is 6.42 Å². The van der Waals surface area contributed by atoms with E-state index in [0.29, 0.717) is 13.0 Å². The third-order valence-corrected chi connectivity index (χ3v) is 2.80. The van der Waals surface area contributed by atoms with Gasteiger partial charge in [-0.3, -0.25) is 0 Å². The van der Waals surface area contributed by atoms with Gasteiger partial charge in [0.2, 0.25) is 0 Å². The van der Waals surface area contributed by atoms with Crippen LogP contribution in [0.1, 0.15) is 44.2 Å². The van der Waals surface area contributed by atoms with E-state index in [-0.39, 0.29) is 6.61 Å². The van der Waals surface area contributed by atoms with E-state index >= 15 is 0 Å². The summed E-state index contributed by atoms with van der Waals surface area (Å²) in [6.45, 7) is 5.98. The van der Waals surface area contributed by atoms with Crippen LogP contribution in [0.4, 0.5) is 0 Å². The quantitative estimate of drug-likeness (QED) is 0.601. The fourth-order valence-corrected chi connectivity index (χ4v) is 1.76. The van der Waals surface area contributed by atoms with Gasteiger partial charge in [-0.25, -0.2) is 0 Å². The zero-order valence-corrected chi connectivity index (χ0v) is 12.0. The molecule has 0 aromatic heterocycles. The third kappa shape index (κ3) is 7.00. The highest BCUT2D eigenvalue weighted by atomic mass is 16.5. The highest BCUT2D eigenvalue weighted by Gasteiger charge is 2.00. The molecule has 0 saturated carbocycles. The molecular weight excluding hydrogens is 236 g/mol. The first-order valence-electron chi connectivity index (χ1n) is 6.99. The molecule has 104 valence electrons. The van der Waals surface area contributed by atoms with Crippen molar-refractivity contribution in [2.75, 3.05) is 13.2 Å². The van der Waals surface area contributed by atoms with Gasteiger partial charge in [-0.2, -0.15) is 0 Å². The Morgan fingerprint density at radius 2 is 2.05 bits per heavy atom. The van der Waals surface area contributed by atoms with Crippen LogP contribution in [0.2, 0.25) is 0 Å². The first kappa shape index (κ1) is 15.8. The fraction of sp³-hybridized carbons (Fsp3) is 0.529. The Balaban J connectivity index is 2.43. The Labute approximate surface area is 116 Å². The number of aliphatic hydroxyl groups is 1. The SMILES string of the molecule is CC(C)CCCOCc1ccccc1C#CCCO. The Kier molecular flexibility index (Phi) is 7.97. The number of rotatable bonds is 7. The maximum Gasteiger partial charge on any atom is 0.0728 e. The molecule has 19 heavy (non-hydrogen) atoms. The first-order chi connectivity index (χ1) is 9.24. The standard InChI is InChI=1S/C17H24O2/c1-15(2)8-7-13-19-14-17-11-4-3-9-16(17)10-5-6-12-18/h3-4,9,11,15,18H,6-8,12-14H2,1-2H3. The Morgan fingerprint density at radius 1 is 1.26 bits per heavy atom. The van der Waals surface area contributed by atoms with Crippen LogP contribution in [0, 0.1) is 17.8 Å². The minimum absolute atomic E-state index is 0.112. The number of hydrogen-bond donors (Lipinski definition) is 1. The molecule has 1 rings (SSSR count). The predicted octanol–water partition coefficient (Wildman–Crippen LogP) is 3.37. The summed E-state index contributed by atoms with van der Waals surface area (Å²) in [6, 6.07) is 8.03. The summed E-state index contributed by atoms with van der Waals surface area (Å²) in [4.78, 5) is 0. The van der Waals surface area contributed by atoms with Crippen molar-refractivity contribution in [1.29, 1.82) is 0 Å². The molecule has 0 aliphatic rings. The molecule has 2 heteroatoms. The average Bonchev–Trinajstić information content (AvgIpc) is 2.40. The van der Waals surface area contributed by atoms with Crippen LogP contribution in [0.15, 0.2) is 24.3 Å². The molecule has 0 aliphatic carbocycles. The largest absolute Gasteiger partial charge is 0.395 e. The topological polar surface area (TPSA) is 29.5 Å². The summed E-state index contributed by atoms with van der Waals surface area (Å²) in [5.74, 6) is 6.77. The summed E-state index contributed by atoms with van der Waals surface area (Å²) in [7, 11) is 0.